The van der Waals surface area contributed by atoms with E-state index in [4.69, 9.17) is 4.74 Å². The number of pyridine rings is 1. The van der Waals surface area contributed by atoms with Crippen LogP contribution in [0.25, 0.3) is 10.9 Å². The van der Waals surface area contributed by atoms with Gasteiger partial charge < -0.3 is 9.64 Å². The van der Waals surface area contributed by atoms with Crippen molar-refractivity contribution < 1.29 is 9.13 Å². The summed E-state index contributed by atoms with van der Waals surface area (Å²) in [6.45, 7) is 1.63. The molecule has 0 aliphatic heterocycles. The fourth-order valence-electron chi connectivity index (χ4n) is 3.06. The molecule has 0 aliphatic carbocycles. The second-order valence-electron chi connectivity index (χ2n) is 6.33. The van der Waals surface area contributed by atoms with Crippen LogP contribution in [-0.2, 0) is 13.0 Å². The molecule has 0 radical (unpaired) electrons. The van der Waals surface area contributed by atoms with Crippen molar-refractivity contribution in [3.8, 4) is 5.75 Å². The second-order valence-corrected chi connectivity index (χ2v) is 6.33. The van der Waals surface area contributed by atoms with Crippen molar-refractivity contribution in [2.45, 2.75) is 19.4 Å². The number of fused-ring (bicyclic) bond motifs is 1. The van der Waals surface area contributed by atoms with E-state index in [2.05, 4.69) is 29.1 Å². The van der Waals surface area contributed by atoms with Crippen molar-refractivity contribution in [2.24, 2.45) is 0 Å². The Balaban J connectivity index is 1.58. The second kappa shape index (κ2) is 8.08. The molecule has 25 heavy (non-hydrogen) atoms. The lowest BCUT2D eigenvalue weighted by Crippen LogP contribution is -2.20. The molecule has 0 atom stereocenters. The number of rotatable bonds is 7. The molecular weight excluding hydrogens is 315 g/mol. The normalized spacial score (nSPS) is 11.2. The van der Waals surface area contributed by atoms with Crippen LogP contribution >= 0.6 is 0 Å². The number of halogens is 1. The lowest BCUT2D eigenvalue weighted by Gasteiger charge is -2.17. The fraction of sp³-hybridized carbons (Fsp3) is 0.286. The summed E-state index contributed by atoms with van der Waals surface area (Å²) in [4.78, 5) is 6.63. The standard InChI is InChI=1S/C21H23FN2O/c1-24(12-4-5-16-7-9-20(25-2)10-8-16)15-18-14-19(22)13-17-6-3-11-23-21(17)18/h3,6-11,13-14H,4-5,12,15H2,1-2H3. The summed E-state index contributed by atoms with van der Waals surface area (Å²) in [5, 5.41) is 0.851. The number of hydrogen-bond donors (Lipinski definition) is 0. The van der Waals surface area contributed by atoms with Gasteiger partial charge in [0.2, 0.25) is 0 Å². The maximum Gasteiger partial charge on any atom is 0.124 e. The molecule has 0 saturated heterocycles. The minimum atomic E-state index is -0.206. The summed E-state index contributed by atoms with van der Waals surface area (Å²) in [6, 6.07) is 15.0. The molecule has 3 aromatic rings. The quantitative estimate of drug-likeness (QED) is 0.636. The molecule has 1 aromatic heterocycles. The summed E-state index contributed by atoms with van der Waals surface area (Å²) in [7, 11) is 3.74. The van der Waals surface area contributed by atoms with E-state index in [9.17, 15) is 4.39 Å². The first-order chi connectivity index (χ1) is 12.2. The highest BCUT2D eigenvalue weighted by molar-refractivity contribution is 5.81. The molecule has 0 unspecified atom stereocenters. The molecule has 0 spiro atoms. The van der Waals surface area contributed by atoms with E-state index in [-0.39, 0.29) is 5.82 Å². The molecule has 2 aromatic carbocycles. The van der Waals surface area contributed by atoms with Gasteiger partial charge in [-0.05, 0) is 67.9 Å². The van der Waals surface area contributed by atoms with E-state index >= 15 is 0 Å². The number of aromatic nitrogens is 1. The highest BCUT2D eigenvalue weighted by Crippen LogP contribution is 2.20. The van der Waals surface area contributed by atoms with Crippen molar-refractivity contribution in [1.29, 1.82) is 0 Å². The third-order valence-electron chi connectivity index (χ3n) is 4.35. The lowest BCUT2D eigenvalue weighted by atomic mass is 10.1. The fourth-order valence-corrected chi connectivity index (χ4v) is 3.06. The van der Waals surface area contributed by atoms with Gasteiger partial charge in [-0.15, -0.1) is 0 Å². The number of nitrogens with zero attached hydrogens (tertiary/aromatic N) is 2. The molecule has 0 N–H and O–H groups in total. The van der Waals surface area contributed by atoms with E-state index in [1.165, 1.54) is 11.6 Å². The van der Waals surface area contributed by atoms with Gasteiger partial charge in [0.25, 0.3) is 0 Å². The molecule has 0 bridgehead atoms. The average molecular weight is 338 g/mol. The van der Waals surface area contributed by atoms with Crippen LogP contribution < -0.4 is 4.74 Å². The maximum absolute atomic E-state index is 13.8. The Labute approximate surface area is 148 Å². The van der Waals surface area contributed by atoms with E-state index in [1.807, 2.05) is 24.3 Å². The van der Waals surface area contributed by atoms with Crippen LogP contribution in [0, 0.1) is 5.82 Å². The Kier molecular flexibility index (Phi) is 5.61. The van der Waals surface area contributed by atoms with Crippen molar-refractivity contribution in [2.75, 3.05) is 20.7 Å². The summed E-state index contributed by atoms with van der Waals surface area (Å²) in [5.41, 5.74) is 3.11. The molecule has 4 heteroatoms. The van der Waals surface area contributed by atoms with Crippen LogP contribution in [0.4, 0.5) is 4.39 Å². The molecule has 0 saturated carbocycles. The number of methoxy groups -OCH3 is 1. The van der Waals surface area contributed by atoms with Gasteiger partial charge in [-0.25, -0.2) is 4.39 Å². The van der Waals surface area contributed by atoms with Gasteiger partial charge in [-0.3, -0.25) is 4.98 Å². The lowest BCUT2D eigenvalue weighted by molar-refractivity contribution is 0.322. The predicted molar refractivity (Wildman–Crippen MR) is 99.4 cm³/mol. The molecule has 3 rings (SSSR count). The van der Waals surface area contributed by atoms with Gasteiger partial charge in [0.05, 0.1) is 12.6 Å². The van der Waals surface area contributed by atoms with E-state index < -0.39 is 0 Å². The zero-order valence-corrected chi connectivity index (χ0v) is 14.7. The van der Waals surface area contributed by atoms with Gasteiger partial charge in [-0.1, -0.05) is 18.2 Å². The zero-order valence-electron chi connectivity index (χ0n) is 14.7. The monoisotopic (exact) mass is 338 g/mol. The highest BCUT2D eigenvalue weighted by atomic mass is 19.1. The molecule has 130 valence electrons. The Morgan fingerprint density at radius 2 is 1.92 bits per heavy atom. The van der Waals surface area contributed by atoms with Crippen molar-refractivity contribution >= 4 is 10.9 Å². The minimum absolute atomic E-state index is 0.206. The van der Waals surface area contributed by atoms with Crippen molar-refractivity contribution in [1.82, 2.24) is 9.88 Å². The molecule has 1 heterocycles. The predicted octanol–water partition coefficient (Wildman–Crippen LogP) is 4.45. The topological polar surface area (TPSA) is 25.4 Å². The van der Waals surface area contributed by atoms with Gasteiger partial charge in [0.15, 0.2) is 0 Å². The molecular formula is C21H23FN2O. The Morgan fingerprint density at radius 1 is 1.12 bits per heavy atom. The number of hydrogen-bond acceptors (Lipinski definition) is 3. The van der Waals surface area contributed by atoms with Gasteiger partial charge >= 0.3 is 0 Å². The van der Waals surface area contributed by atoms with Crippen LogP contribution in [0.3, 0.4) is 0 Å². The van der Waals surface area contributed by atoms with Crippen molar-refractivity contribution in [3.05, 3.63) is 71.7 Å². The third-order valence-corrected chi connectivity index (χ3v) is 4.35. The van der Waals surface area contributed by atoms with Crippen LogP contribution in [0.15, 0.2) is 54.7 Å². The minimum Gasteiger partial charge on any atom is -0.497 e. The Morgan fingerprint density at radius 3 is 2.68 bits per heavy atom. The van der Waals surface area contributed by atoms with Gasteiger partial charge in [-0.2, -0.15) is 0 Å². The molecule has 0 fully saturated rings. The van der Waals surface area contributed by atoms with Gasteiger partial charge in [0, 0.05) is 18.1 Å². The summed E-state index contributed by atoms with van der Waals surface area (Å²) >= 11 is 0. The van der Waals surface area contributed by atoms with Crippen LogP contribution in [0.5, 0.6) is 5.75 Å². The average Bonchev–Trinajstić information content (AvgIpc) is 2.62. The SMILES string of the molecule is COc1ccc(CCCN(C)Cc2cc(F)cc3cccnc23)cc1. The smallest absolute Gasteiger partial charge is 0.124 e. The Bertz CT molecular complexity index is 833. The van der Waals surface area contributed by atoms with Crippen LogP contribution in [0.2, 0.25) is 0 Å². The summed E-state index contributed by atoms with van der Waals surface area (Å²) in [5.74, 6) is 0.675. The summed E-state index contributed by atoms with van der Waals surface area (Å²) in [6.07, 6.45) is 3.81. The largest absolute Gasteiger partial charge is 0.497 e. The third kappa shape index (κ3) is 4.54. The first kappa shape index (κ1) is 17.4. The Hall–Kier alpha value is -2.46. The van der Waals surface area contributed by atoms with Gasteiger partial charge in [0.1, 0.15) is 11.6 Å². The van der Waals surface area contributed by atoms with E-state index in [1.54, 1.807) is 19.4 Å². The van der Waals surface area contributed by atoms with Crippen molar-refractivity contribution in [3.63, 3.8) is 0 Å². The zero-order chi connectivity index (χ0) is 17.6. The number of benzene rings is 2. The molecule has 3 nitrogen and oxygen atoms in total. The summed E-state index contributed by atoms with van der Waals surface area (Å²) < 4.78 is 19.0. The number of aryl methyl sites for hydroxylation is 1. The molecule has 0 amide bonds. The highest BCUT2D eigenvalue weighted by Gasteiger charge is 2.08. The molecule has 0 aliphatic rings. The van der Waals surface area contributed by atoms with E-state index in [0.717, 1.165) is 41.6 Å². The van der Waals surface area contributed by atoms with E-state index in [0.29, 0.717) is 6.54 Å². The first-order valence-electron chi connectivity index (χ1n) is 8.50. The number of ether oxygens (including phenoxy) is 1. The first-order valence-corrected chi connectivity index (χ1v) is 8.50. The van der Waals surface area contributed by atoms with Crippen LogP contribution in [-0.4, -0.2) is 30.6 Å². The van der Waals surface area contributed by atoms with Crippen LogP contribution in [0.1, 0.15) is 17.5 Å². The maximum atomic E-state index is 13.8.